The van der Waals surface area contributed by atoms with E-state index in [0.29, 0.717) is 13.1 Å². The van der Waals surface area contributed by atoms with Gasteiger partial charge in [0.25, 0.3) is 0 Å². The summed E-state index contributed by atoms with van der Waals surface area (Å²) in [6, 6.07) is -1.63. The first-order valence-electron chi connectivity index (χ1n) is 6.92. The molecule has 8 nitrogen and oxygen atoms in total. The fourth-order valence-electron chi connectivity index (χ4n) is 2.06. The molecule has 0 spiro atoms. The number of hydrogen-bond donors (Lipinski definition) is 3. The van der Waals surface area contributed by atoms with Crippen molar-refractivity contribution in [2.24, 2.45) is 5.73 Å². The highest BCUT2D eigenvalue weighted by Gasteiger charge is 2.25. The van der Waals surface area contributed by atoms with Crippen molar-refractivity contribution in [3.8, 4) is 0 Å². The zero-order valence-electron chi connectivity index (χ0n) is 13.1. The van der Waals surface area contributed by atoms with Crippen LogP contribution in [0.3, 0.4) is 0 Å². The van der Waals surface area contributed by atoms with Gasteiger partial charge in [-0.25, -0.2) is 9.59 Å². The van der Waals surface area contributed by atoms with E-state index >= 15 is 0 Å². The second kappa shape index (κ2) is 9.17. The number of aliphatic carboxylic acids is 1. The minimum absolute atomic E-state index is 0.0178. The summed E-state index contributed by atoms with van der Waals surface area (Å²) < 4.78 is 0. The zero-order valence-corrected chi connectivity index (χ0v) is 13.1. The van der Waals surface area contributed by atoms with Gasteiger partial charge in [-0.1, -0.05) is 0 Å². The molecule has 8 heteroatoms. The van der Waals surface area contributed by atoms with Gasteiger partial charge in [-0.2, -0.15) is 0 Å². The van der Waals surface area contributed by atoms with Crippen molar-refractivity contribution in [3.05, 3.63) is 0 Å². The van der Waals surface area contributed by atoms with Crippen LogP contribution in [0.4, 0.5) is 4.79 Å². The number of urea groups is 1. The second-order valence-corrected chi connectivity index (χ2v) is 5.24. The number of amides is 3. The molecule has 21 heavy (non-hydrogen) atoms. The van der Waals surface area contributed by atoms with Gasteiger partial charge in [0.05, 0.1) is 0 Å². The predicted octanol–water partition coefficient (Wildman–Crippen LogP) is -0.313. The molecule has 0 heterocycles. The maximum Gasteiger partial charge on any atom is 0.326 e. The van der Waals surface area contributed by atoms with Crippen LogP contribution in [-0.2, 0) is 9.59 Å². The highest BCUT2D eigenvalue weighted by atomic mass is 16.4. The fraction of sp³-hybridized carbons (Fsp3) is 0.769. The van der Waals surface area contributed by atoms with Gasteiger partial charge in [0.1, 0.15) is 6.04 Å². The number of nitrogens with two attached hydrogens (primary N) is 1. The number of carboxylic acid groups (broad SMARTS) is 1. The van der Waals surface area contributed by atoms with Gasteiger partial charge in [-0.3, -0.25) is 4.79 Å². The highest BCUT2D eigenvalue weighted by Crippen LogP contribution is 2.04. The normalized spacial score (nSPS) is 13.6. The average molecular weight is 302 g/mol. The molecule has 1 unspecified atom stereocenters. The molecule has 0 rings (SSSR count). The molecule has 2 atom stereocenters. The van der Waals surface area contributed by atoms with Crippen molar-refractivity contribution < 1.29 is 19.5 Å². The van der Waals surface area contributed by atoms with Crippen molar-refractivity contribution in [1.82, 2.24) is 15.1 Å². The third-order valence-electron chi connectivity index (χ3n) is 3.04. The number of nitrogens with one attached hydrogen (secondary N) is 1. The van der Waals surface area contributed by atoms with Gasteiger partial charge in [-0.05, 0) is 34.4 Å². The lowest BCUT2D eigenvalue weighted by Gasteiger charge is -2.31. The van der Waals surface area contributed by atoms with Crippen LogP contribution in [0.25, 0.3) is 0 Å². The molecule has 0 saturated heterocycles. The first-order chi connectivity index (χ1) is 9.68. The van der Waals surface area contributed by atoms with Crippen LogP contribution in [0.15, 0.2) is 0 Å². The van der Waals surface area contributed by atoms with E-state index in [1.54, 1.807) is 4.90 Å². The van der Waals surface area contributed by atoms with E-state index in [2.05, 4.69) is 5.32 Å². The van der Waals surface area contributed by atoms with Crippen molar-refractivity contribution >= 4 is 17.9 Å². The molecule has 122 valence electrons. The van der Waals surface area contributed by atoms with Crippen LogP contribution < -0.4 is 11.1 Å². The van der Waals surface area contributed by atoms with Gasteiger partial charge >= 0.3 is 12.0 Å². The molecular formula is C13H26N4O4. The van der Waals surface area contributed by atoms with Crippen LogP contribution >= 0.6 is 0 Å². The number of rotatable bonds is 9. The Bertz CT molecular complexity index is 373. The van der Waals surface area contributed by atoms with Crippen LogP contribution in [0.5, 0.6) is 0 Å². The number of carbonyl (C=O) groups excluding carboxylic acids is 2. The Kier molecular flexibility index (Phi) is 8.37. The molecule has 0 aliphatic heterocycles. The van der Waals surface area contributed by atoms with Gasteiger partial charge in [0, 0.05) is 25.6 Å². The quantitative estimate of drug-likeness (QED) is 0.540. The summed E-state index contributed by atoms with van der Waals surface area (Å²) in [5.74, 6) is -1.77. The minimum atomic E-state index is -1.18. The lowest BCUT2D eigenvalue weighted by atomic mass is 10.1. The first kappa shape index (κ1) is 19.2. The summed E-state index contributed by atoms with van der Waals surface area (Å²) >= 11 is 0. The highest BCUT2D eigenvalue weighted by molar-refractivity contribution is 5.83. The number of nitrogens with zero attached hydrogens (tertiary/aromatic N) is 2. The summed E-state index contributed by atoms with van der Waals surface area (Å²) in [5.41, 5.74) is 5.00. The van der Waals surface area contributed by atoms with E-state index in [9.17, 15) is 14.4 Å². The van der Waals surface area contributed by atoms with Gasteiger partial charge < -0.3 is 26.0 Å². The number of carbonyl (C=O) groups is 3. The van der Waals surface area contributed by atoms with Crippen molar-refractivity contribution in [2.45, 2.75) is 38.8 Å². The summed E-state index contributed by atoms with van der Waals surface area (Å²) in [7, 11) is 3.80. The van der Waals surface area contributed by atoms with E-state index in [0.717, 1.165) is 0 Å². The van der Waals surface area contributed by atoms with Gasteiger partial charge in [-0.15, -0.1) is 0 Å². The Labute approximate surface area is 125 Å². The maximum absolute atomic E-state index is 12.2. The van der Waals surface area contributed by atoms with Crippen molar-refractivity contribution in [3.63, 3.8) is 0 Å². The molecule has 0 fully saturated rings. The molecule has 0 aliphatic carbocycles. The Morgan fingerprint density at radius 3 is 2.24 bits per heavy atom. The Morgan fingerprint density at radius 1 is 1.29 bits per heavy atom. The molecule has 0 aliphatic rings. The fourth-order valence-corrected chi connectivity index (χ4v) is 2.06. The van der Waals surface area contributed by atoms with Crippen molar-refractivity contribution in [1.29, 1.82) is 0 Å². The lowest BCUT2D eigenvalue weighted by Crippen LogP contribution is -2.52. The summed E-state index contributed by atoms with van der Waals surface area (Å²) in [6.07, 6.45) is -0.105. The molecule has 0 aromatic heterocycles. The first-order valence-corrected chi connectivity index (χ1v) is 6.92. The Hall–Kier alpha value is -1.83. The van der Waals surface area contributed by atoms with Crippen LogP contribution in [0.2, 0.25) is 0 Å². The molecule has 0 bridgehead atoms. The number of primary amides is 1. The third-order valence-corrected chi connectivity index (χ3v) is 3.04. The number of likely N-dealkylation sites (N-methyl/N-ethyl adjacent to an activating group) is 2. The summed E-state index contributed by atoms with van der Waals surface area (Å²) in [5, 5.41) is 11.5. The zero-order chi connectivity index (χ0) is 16.6. The Morgan fingerprint density at radius 2 is 1.86 bits per heavy atom. The largest absolute Gasteiger partial charge is 0.480 e. The van der Waals surface area contributed by atoms with E-state index in [1.165, 1.54) is 0 Å². The lowest BCUT2D eigenvalue weighted by molar-refractivity contribution is -0.139. The van der Waals surface area contributed by atoms with Gasteiger partial charge in [0.15, 0.2) is 0 Å². The Balaban J connectivity index is 4.69. The predicted molar refractivity (Wildman–Crippen MR) is 78.8 cm³/mol. The van der Waals surface area contributed by atoms with E-state index in [1.807, 2.05) is 32.8 Å². The SMILES string of the molecule is CCN(C(=O)N[C@@H](CCC(N)=O)C(=O)O)C(C)CN(C)C. The van der Waals surface area contributed by atoms with Crippen molar-refractivity contribution in [2.75, 3.05) is 27.2 Å². The smallest absolute Gasteiger partial charge is 0.326 e. The number of carboxylic acids is 1. The average Bonchev–Trinajstić information content (AvgIpc) is 2.33. The second-order valence-electron chi connectivity index (χ2n) is 5.24. The molecule has 4 N–H and O–H groups in total. The topological polar surface area (TPSA) is 116 Å². The van der Waals surface area contributed by atoms with Crippen LogP contribution in [0, 0.1) is 0 Å². The molecule has 0 aromatic rings. The van der Waals surface area contributed by atoms with Crippen LogP contribution in [0.1, 0.15) is 26.7 Å². The van der Waals surface area contributed by atoms with Gasteiger partial charge in [0.2, 0.25) is 5.91 Å². The van der Waals surface area contributed by atoms with E-state index < -0.39 is 23.9 Å². The van der Waals surface area contributed by atoms with Crippen LogP contribution in [-0.4, -0.2) is 72.1 Å². The number of hydrogen-bond acceptors (Lipinski definition) is 4. The molecule has 3 amide bonds. The maximum atomic E-state index is 12.2. The standard InChI is InChI=1S/C13H26N4O4/c1-5-17(9(2)8-16(3)4)13(21)15-10(12(19)20)6-7-11(14)18/h9-10H,5-8H2,1-4H3,(H2,14,18)(H,15,21)(H,19,20)/t9?,10-/m0/s1. The van der Waals surface area contributed by atoms with E-state index in [-0.39, 0.29) is 18.9 Å². The molecule has 0 saturated carbocycles. The monoisotopic (exact) mass is 302 g/mol. The molecule has 0 radical (unpaired) electrons. The minimum Gasteiger partial charge on any atom is -0.480 e. The molecule has 0 aromatic carbocycles. The summed E-state index contributed by atoms with van der Waals surface area (Å²) in [4.78, 5) is 37.5. The van der Waals surface area contributed by atoms with E-state index in [4.69, 9.17) is 10.8 Å². The third kappa shape index (κ3) is 7.50. The summed E-state index contributed by atoms with van der Waals surface area (Å²) in [6.45, 7) is 4.84. The molecular weight excluding hydrogens is 276 g/mol.